The zero-order valence-electron chi connectivity index (χ0n) is 13.6. The van der Waals surface area contributed by atoms with E-state index < -0.39 is 11.5 Å². The monoisotopic (exact) mass is 350 g/mol. The maximum absolute atomic E-state index is 12.6. The van der Waals surface area contributed by atoms with Crippen LogP contribution in [0.15, 0.2) is 47.5 Å². The number of pyridine rings is 1. The number of nitrogens with one attached hydrogen (secondary N) is 1. The Hall–Kier alpha value is -3.06. The van der Waals surface area contributed by atoms with Crippen molar-refractivity contribution in [3.8, 4) is 0 Å². The second-order valence-corrected chi connectivity index (χ2v) is 6.84. The van der Waals surface area contributed by atoms with Crippen molar-refractivity contribution in [2.24, 2.45) is 0 Å². The van der Waals surface area contributed by atoms with E-state index in [1.54, 1.807) is 12.3 Å². The molecule has 0 unspecified atom stereocenters. The third-order valence-corrected chi connectivity index (χ3v) is 4.87. The van der Waals surface area contributed by atoms with Gasteiger partial charge < -0.3 is 0 Å². The Morgan fingerprint density at radius 1 is 1.20 bits per heavy atom. The molecule has 0 aliphatic rings. The van der Waals surface area contributed by atoms with Gasteiger partial charge in [-0.25, -0.2) is 9.97 Å². The van der Waals surface area contributed by atoms with E-state index in [-0.39, 0.29) is 5.56 Å². The molecule has 1 amide bonds. The van der Waals surface area contributed by atoms with Gasteiger partial charge in [-0.05, 0) is 37.1 Å². The molecule has 3 heterocycles. The van der Waals surface area contributed by atoms with Gasteiger partial charge in [-0.1, -0.05) is 29.5 Å². The fourth-order valence-corrected chi connectivity index (χ4v) is 3.58. The normalized spacial score (nSPS) is 11.1. The highest BCUT2D eigenvalue weighted by Gasteiger charge is 2.16. The van der Waals surface area contributed by atoms with Crippen molar-refractivity contribution in [2.75, 3.05) is 5.32 Å². The molecule has 0 spiro atoms. The van der Waals surface area contributed by atoms with Crippen LogP contribution >= 0.6 is 11.3 Å². The molecule has 6 nitrogen and oxygen atoms in total. The van der Waals surface area contributed by atoms with Gasteiger partial charge in [0.05, 0.1) is 10.2 Å². The number of amides is 1. The van der Waals surface area contributed by atoms with E-state index in [1.165, 1.54) is 21.9 Å². The van der Waals surface area contributed by atoms with E-state index in [2.05, 4.69) is 15.3 Å². The minimum Gasteiger partial charge on any atom is -0.298 e. The molecule has 25 heavy (non-hydrogen) atoms. The molecule has 0 aliphatic carbocycles. The topological polar surface area (TPSA) is 76.4 Å². The van der Waals surface area contributed by atoms with Crippen molar-refractivity contribution in [3.05, 3.63) is 69.8 Å². The molecule has 0 fully saturated rings. The summed E-state index contributed by atoms with van der Waals surface area (Å²) >= 11 is 1.37. The zero-order chi connectivity index (χ0) is 17.6. The fraction of sp³-hybridized carbons (Fsp3) is 0.111. The highest BCUT2D eigenvalue weighted by Crippen LogP contribution is 2.28. The van der Waals surface area contributed by atoms with E-state index in [0.717, 1.165) is 21.3 Å². The van der Waals surface area contributed by atoms with Gasteiger partial charge >= 0.3 is 0 Å². The van der Waals surface area contributed by atoms with Crippen LogP contribution in [0.1, 0.15) is 21.5 Å². The average molecular weight is 350 g/mol. The van der Waals surface area contributed by atoms with Gasteiger partial charge in [-0.3, -0.25) is 19.3 Å². The molecule has 3 aromatic heterocycles. The van der Waals surface area contributed by atoms with Crippen LogP contribution in [0.4, 0.5) is 5.13 Å². The lowest BCUT2D eigenvalue weighted by atomic mass is 10.2. The number of anilines is 1. The van der Waals surface area contributed by atoms with Crippen molar-refractivity contribution in [2.45, 2.75) is 13.8 Å². The summed E-state index contributed by atoms with van der Waals surface area (Å²) in [6, 6.07) is 9.48. The van der Waals surface area contributed by atoms with Crippen LogP contribution in [0.2, 0.25) is 0 Å². The number of hydrogen-bond acceptors (Lipinski definition) is 5. The number of hydrogen-bond donors (Lipinski definition) is 1. The lowest BCUT2D eigenvalue weighted by molar-refractivity contribution is 0.102. The van der Waals surface area contributed by atoms with Crippen molar-refractivity contribution in [3.63, 3.8) is 0 Å². The lowest BCUT2D eigenvalue weighted by Gasteiger charge is -2.04. The van der Waals surface area contributed by atoms with Gasteiger partial charge in [0.1, 0.15) is 11.2 Å². The number of aryl methyl sites for hydroxylation is 2. The number of benzene rings is 1. The molecular weight excluding hydrogens is 336 g/mol. The first-order chi connectivity index (χ1) is 12.0. The minimum absolute atomic E-state index is 0.0147. The van der Waals surface area contributed by atoms with Crippen LogP contribution in [0.25, 0.3) is 15.9 Å². The second kappa shape index (κ2) is 5.78. The number of carbonyl (C=O) groups is 1. The van der Waals surface area contributed by atoms with Crippen LogP contribution in [0.5, 0.6) is 0 Å². The Labute approximate surface area is 146 Å². The van der Waals surface area contributed by atoms with Crippen molar-refractivity contribution in [1.29, 1.82) is 0 Å². The SMILES string of the molecule is Cc1ccc2ncc(C(=O)Nc3nc4c(C)cccc4s3)c(=O)n2c1. The van der Waals surface area contributed by atoms with Gasteiger partial charge in [0.15, 0.2) is 5.13 Å². The molecule has 4 aromatic rings. The fourth-order valence-electron chi connectivity index (χ4n) is 2.64. The van der Waals surface area contributed by atoms with E-state index in [9.17, 15) is 9.59 Å². The summed E-state index contributed by atoms with van der Waals surface area (Å²) in [6.45, 7) is 3.84. The van der Waals surface area contributed by atoms with Gasteiger partial charge in [0, 0.05) is 12.4 Å². The largest absolute Gasteiger partial charge is 0.298 e. The number of carbonyl (C=O) groups excluding carboxylic acids is 1. The molecule has 0 atom stereocenters. The maximum Gasteiger partial charge on any atom is 0.270 e. The third kappa shape index (κ3) is 2.68. The third-order valence-electron chi connectivity index (χ3n) is 3.94. The first-order valence-corrected chi connectivity index (χ1v) is 8.50. The first kappa shape index (κ1) is 15.5. The Morgan fingerprint density at radius 2 is 2.04 bits per heavy atom. The smallest absolute Gasteiger partial charge is 0.270 e. The average Bonchev–Trinajstić information content (AvgIpc) is 2.99. The summed E-state index contributed by atoms with van der Waals surface area (Å²) in [7, 11) is 0. The second-order valence-electron chi connectivity index (χ2n) is 5.81. The number of thiazole rings is 1. The Bertz CT molecular complexity index is 1190. The number of rotatable bonds is 2. The summed E-state index contributed by atoms with van der Waals surface area (Å²) in [5.41, 5.74) is 2.89. The summed E-state index contributed by atoms with van der Waals surface area (Å²) < 4.78 is 2.37. The maximum atomic E-state index is 12.6. The van der Waals surface area contributed by atoms with Gasteiger partial charge in [0.2, 0.25) is 0 Å². The molecule has 0 saturated heterocycles. The number of aromatic nitrogens is 3. The Kier molecular flexibility index (Phi) is 3.58. The first-order valence-electron chi connectivity index (χ1n) is 7.68. The Morgan fingerprint density at radius 3 is 2.84 bits per heavy atom. The minimum atomic E-state index is -0.509. The molecule has 7 heteroatoms. The van der Waals surface area contributed by atoms with Gasteiger partial charge in [0.25, 0.3) is 11.5 Å². The zero-order valence-corrected chi connectivity index (χ0v) is 14.4. The summed E-state index contributed by atoms with van der Waals surface area (Å²) in [4.78, 5) is 33.7. The van der Waals surface area contributed by atoms with Crippen molar-refractivity contribution in [1.82, 2.24) is 14.4 Å². The van der Waals surface area contributed by atoms with E-state index in [0.29, 0.717) is 10.8 Å². The van der Waals surface area contributed by atoms with Crippen molar-refractivity contribution >= 4 is 38.2 Å². The van der Waals surface area contributed by atoms with Gasteiger partial charge in [-0.15, -0.1) is 0 Å². The molecule has 0 radical (unpaired) electrons. The molecule has 0 saturated carbocycles. The molecule has 124 valence electrons. The number of fused-ring (bicyclic) bond motifs is 2. The molecule has 1 N–H and O–H groups in total. The molecule has 1 aromatic carbocycles. The van der Waals surface area contributed by atoms with Gasteiger partial charge in [-0.2, -0.15) is 0 Å². The van der Waals surface area contributed by atoms with Crippen LogP contribution < -0.4 is 10.9 Å². The van der Waals surface area contributed by atoms with Crippen LogP contribution in [0.3, 0.4) is 0 Å². The van der Waals surface area contributed by atoms with E-state index >= 15 is 0 Å². The summed E-state index contributed by atoms with van der Waals surface area (Å²) in [5, 5.41) is 3.17. The molecular formula is C18H14N4O2S. The number of para-hydroxylation sites is 1. The van der Waals surface area contributed by atoms with Crippen molar-refractivity contribution < 1.29 is 4.79 Å². The highest BCUT2D eigenvalue weighted by molar-refractivity contribution is 7.22. The van der Waals surface area contributed by atoms with Crippen LogP contribution in [0, 0.1) is 13.8 Å². The predicted molar refractivity (Wildman–Crippen MR) is 98.5 cm³/mol. The van der Waals surface area contributed by atoms with E-state index in [4.69, 9.17) is 0 Å². The van der Waals surface area contributed by atoms with E-state index in [1.807, 2.05) is 38.1 Å². The number of nitrogens with zero attached hydrogens (tertiary/aromatic N) is 3. The summed E-state index contributed by atoms with van der Waals surface area (Å²) in [5.74, 6) is -0.509. The quantitative estimate of drug-likeness (QED) is 0.602. The van der Waals surface area contributed by atoms with Crippen LogP contribution in [-0.4, -0.2) is 20.3 Å². The summed E-state index contributed by atoms with van der Waals surface area (Å²) in [6.07, 6.45) is 2.98. The Balaban J connectivity index is 1.73. The predicted octanol–water partition coefficient (Wildman–Crippen LogP) is 3.17. The molecule has 0 bridgehead atoms. The standard InChI is InChI=1S/C18H14N4O2S/c1-10-6-7-14-19-8-12(17(24)22(14)9-10)16(23)21-18-20-15-11(2)4-3-5-13(15)25-18/h3-9H,1-2H3,(H,20,21,23). The molecule has 0 aliphatic heterocycles. The van der Waals surface area contributed by atoms with Crippen LogP contribution in [-0.2, 0) is 0 Å². The molecule has 4 rings (SSSR count). The lowest BCUT2D eigenvalue weighted by Crippen LogP contribution is -2.26. The highest BCUT2D eigenvalue weighted by atomic mass is 32.1.